The standard InChI is InChI=1S/C22H28N2O2/c1-15(2)14-20(25)24-21(18-8-6-5-7-9-18)22(26)23-19-12-10-17(11-13-19)16(3)4/h5-13,15-16,21H,14H2,1-4H3,(H,23,26)(H,24,25). The fourth-order valence-electron chi connectivity index (χ4n) is 2.70. The normalized spacial score (nSPS) is 12.1. The first-order chi connectivity index (χ1) is 12.4. The molecular formula is C22H28N2O2. The second-order valence-electron chi connectivity index (χ2n) is 7.28. The van der Waals surface area contributed by atoms with E-state index < -0.39 is 6.04 Å². The third-order valence-corrected chi connectivity index (χ3v) is 4.14. The number of benzene rings is 2. The molecule has 0 saturated heterocycles. The van der Waals surface area contributed by atoms with E-state index in [9.17, 15) is 9.59 Å². The molecule has 0 bridgehead atoms. The van der Waals surface area contributed by atoms with E-state index in [4.69, 9.17) is 0 Å². The molecule has 4 nitrogen and oxygen atoms in total. The molecule has 0 fully saturated rings. The Labute approximate surface area is 156 Å². The zero-order valence-corrected chi connectivity index (χ0v) is 16.0. The van der Waals surface area contributed by atoms with Crippen molar-refractivity contribution in [3.05, 3.63) is 65.7 Å². The van der Waals surface area contributed by atoms with Crippen molar-refractivity contribution in [2.24, 2.45) is 5.92 Å². The first kappa shape index (κ1) is 19.7. The second-order valence-corrected chi connectivity index (χ2v) is 7.28. The van der Waals surface area contributed by atoms with E-state index in [1.165, 1.54) is 5.56 Å². The van der Waals surface area contributed by atoms with Gasteiger partial charge in [0.15, 0.2) is 0 Å². The van der Waals surface area contributed by atoms with Gasteiger partial charge in [0.2, 0.25) is 5.91 Å². The van der Waals surface area contributed by atoms with E-state index >= 15 is 0 Å². The van der Waals surface area contributed by atoms with Crippen molar-refractivity contribution in [3.63, 3.8) is 0 Å². The Morgan fingerprint density at radius 2 is 1.46 bits per heavy atom. The zero-order chi connectivity index (χ0) is 19.1. The summed E-state index contributed by atoms with van der Waals surface area (Å²) in [5, 5.41) is 5.77. The number of hydrogen-bond acceptors (Lipinski definition) is 2. The van der Waals surface area contributed by atoms with Crippen LogP contribution in [0.25, 0.3) is 0 Å². The summed E-state index contributed by atoms with van der Waals surface area (Å²) in [4.78, 5) is 25.0. The highest BCUT2D eigenvalue weighted by atomic mass is 16.2. The monoisotopic (exact) mass is 352 g/mol. The third-order valence-electron chi connectivity index (χ3n) is 4.14. The molecule has 0 aromatic heterocycles. The molecule has 2 aromatic carbocycles. The van der Waals surface area contributed by atoms with Crippen LogP contribution in [0, 0.1) is 5.92 Å². The summed E-state index contributed by atoms with van der Waals surface area (Å²) in [6, 6.07) is 16.4. The highest BCUT2D eigenvalue weighted by Crippen LogP contribution is 2.20. The summed E-state index contributed by atoms with van der Waals surface area (Å²) < 4.78 is 0. The molecule has 4 heteroatoms. The number of carbonyl (C=O) groups is 2. The van der Waals surface area contributed by atoms with Crippen molar-refractivity contribution in [1.29, 1.82) is 0 Å². The summed E-state index contributed by atoms with van der Waals surface area (Å²) in [6.07, 6.45) is 0.389. The van der Waals surface area contributed by atoms with Crippen LogP contribution < -0.4 is 10.6 Å². The zero-order valence-electron chi connectivity index (χ0n) is 16.0. The molecule has 0 aliphatic heterocycles. The molecule has 0 spiro atoms. The van der Waals surface area contributed by atoms with Crippen molar-refractivity contribution < 1.29 is 9.59 Å². The van der Waals surface area contributed by atoms with E-state index in [1.54, 1.807) is 0 Å². The first-order valence-electron chi connectivity index (χ1n) is 9.12. The van der Waals surface area contributed by atoms with Gasteiger partial charge in [0.25, 0.3) is 5.91 Å². The maximum absolute atomic E-state index is 12.8. The first-order valence-corrected chi connectivity index (χ1v) is 9.12. The van der Waals surface area contributed by atoms with Crippen LogP contribution in [0.15, 0.2) is 54.6 Å². The predicted octanol–water partition coefficient (Wildman–Crippen LogP) is 4.65. The van der Waals surface area contributed by atoms with Gasteiger partial charge in [0, 0.05) is 12.1 Å². The molecular weight excluding hydrogens is 324 g/mol. The van der Waals surface area contributed by atoms with Gasteiger partial charge in [-0.25, -0.2) is 0 Å². The van der Waals surface area contributed by atoms with Crippen LogP contribution >= 0.6 is 0 Å². The molecule has 2 rings (SSSR count). The van der Waals surface area contributed by atoms with Crippen molar-refractivity contribution in [2.45, 2.75) is 46.1 Å². The second kappa shape index (κ2) is 9.18. The minimum atomic E-state index is -0.716. The Balaban J connectivity index is 2.15. The van der Waals surface area contributed by atoms with Crippen LogP contribution in [0.1, 0.15) is 57.2 Å². The lowest BCUT2D eigenvalue weighted by Crippen LogP contribution is -2.37. The van der Waals surface area contributed by atoms with Gasteiger partial charge in [0.05, 0.1) is 0 Å². The Bertz CT molecular complexity index is 722. The Morgan fingerprint density at radius 1 is 0.846 bits per heavy atom. The summed E-state index contributed by atoms with van der Waals surface area (Å²) in [5.41, 5.74) is 2.70. The number of amides is 2. The van der Waals surface area contributed by atoms with Gasteiger partial charge in [-0.15, -0.1) is 0 Å². The maximum Gasteiger partial charge on any atom is 0.251 e. The van der Waals surface area contributed by atoms with Crippen LogP contribution in [0.4, 0.5) is 5.69 Å². The molecule has 0 aliphatic rings. The SMILES string of the molecule is CC(C)CC(=O)NC(C(=O)Nc1ccc(C(C)C)cc1)c1ccccc1. The molecule has 0 radical (unpaired) electrons. The van der Waals surface area contributed by atoms with E-state index in [-0.39, 0.29) is 17.7 Å². The van der Waals surface area contributed by atoms with Crippen LogP contribution in [0.5, 0.6) is 0 Å². The van der Waals surface area contributed by atoms with Gasteiger partial charge in [-0.1, -0.05) is 70.2 Å². The van der Waals surface area contributed by atoms with E-state index in [0.29, 0.717) is 12.3 Å². The van der Waals surface area contributed by atoms with Gasteiger partial charge in [-0.2, -0.15) is 0 Å². The Morgan fingerprint density at radius 3 is 2.00 bits per heavy atom. The van der Waals surface area contributed by atoms with Gasteiger partial charge in [0.1, 0.15) is 6.04 Å². The fourth-order valence-corrected chi connectivity index (χ4v) is 2.70. The molecule has 1 atom stereocenters. The van der Waals surface area contributed by atoms with E-state index in [1.807, 2.05) is 68.4 Å². The third kappa shape index (κ3) is 5.73. The molecule has 26 heavy (non-hydrogen) atoms. The fraction of sp³-hybridized carbons (Fsp3) is 0.364. The minimum Gasteiger partial charge on any atom is -0.341 e. The molecule has 0 heterocycles. The van der Waals surface area contributed by atoms with Gasteiger partial charge in [-0.3, -0.25) is 9.59 Å². The average Bonchev–Trinajstić information content (AvgIpc) is 2.60. The van der Waals surface area contributed by atoms with Gasteiger partial charge < -0.3 is 10.6 Å². The summed E-state index contributed by atoms with van der Waals surface area (Å²) in [7, 11) is 0. The lowest BCUT2D eigenvalue weighted by atomic mass is 10.0. The molecule has 0 aliphatic carbocycles. The van der Waals surface area contributed by atoms with Crippen LogP contribution in [-0.2, 0) is 9.59 Å². The highest BCUT2D eigenvalue weighted by molar-refractivity contribution is 5.97. The molecule has 2 N–H and O–H groups in total. The number of anilines is 1. The predicted molar refractivity (Wildman–Crippen MR) is 106 cm³/mol. The quantitative estimate of drug-likeness (QED) is 0.762. The van der Waals surface area contributed by atoms with E-state index in [0.717, 1.165) is 11.3 Å². The van der Waals surface area contributed by atoms with Crippen molar-refractivity contribution >= 4 is 17.5 Å². The lowest BCUT2D eigenvalue weighted by molar-refractivity contribution is -0.127. The number of nitrogens with one attached hydrogen (secondary N) is 2. The molecule has 138 valence electrons. The molecule has 1 unspecified atom stereocenters. The Hall–Kier alpha value is -2.62. The minimum absolute atomic E-state index is 0.126. The molecule has 0 saturated carbocycles. The summed E-state index contributed by atoms with van der Waals surface area (Å²) in [5.74, 6) is 0.301. The maximum atomic E-state index is 12.8. The number of rotatable bonds is 7. The lowest BCUT2D eigenvalue weighted by Gasteiger charge is -2.20. The topological polar surface area (TPSA) is 58.2 Å². The van der Waals surface area contributed by atoms with Crippen LogP contribution in [-0.4, -0.2) is 11.8 Å². The van der Waals surface area contributed by atoms with Crippen molar-refractivity contribution in [2.75, 3.05) is 5.32 Å². The van der Waals surface area contributed by atoms with Crippen molar-refractivity contribution in [3.8, 4) is 0 Å². The van der Waals surface area contributed by atoms with Crippen molar-refractivity contribution in [1.82, 2.24) is 5.32 Å². The smallest absolute Gasteiger partial charge is 0.251 e. The highest BCUT2D eigenvalue weighted by Gasteiger charge is 2.23. The largest absolute Gasteiger partial charge is 0.341 e. The summed E-state index contributed by atoms with van der Waals surface area (Å²) in [6.45, 7) is 8.22. The number of carbonyl (C=O) groups excluding carboxylic acids is 2. The molecule has 2 aromatic rings. The van der Waals surface area contributed by atoms with Gasteiger partial charge in [-0.05, 0) is 35.1 Å². The summed E-state index contributed by atoms with van der Waals surface area (Å²) >= 11 is 0. The average molecular weight is 352 g/mol. The van der Waals surface area contributed by atoms with E-state index in [2.05, 4.69) is 24.5 Å². The number of hydrogen-bond donors (Lipinski definition) is 2. The molecule has 2 amide bonds. The Kier molecular flexibility index (Phi) is 6.96. The van der Waals surface area contributed by atoms with Crippen LogP contribution in [0.2, 0.25) is 0 Å². The van der Waals surface area contributed by atoms with Gasteiger partial charge >= 0.3 is 0 Å². The van der Waals surface area contributed by atoms with Crippen LogP contribution in [0.3, 0.4) is 0 Å².